The van der Waals surface area contributed by atoms with E-state index in [1.807, 2.05) is 0 Å². The summed E-state index contributed by atoms with van der Waals surface area (Å²) in [6.45, 7) is 12.4. The maximum atomic E-state index is 6.07. The molecule has 0 bridgehead atoms. The molecular weight excluding hydrogens is 467 g/mol. The van der Waals surface area contributed by atoms with Gasteiger partial charge in [0, 0.05) is 44.4 Å². The number of aliphatic imine (C=N–C) groups is 1. The fraction of sp³-hybridized carbons (Fsp3) is 0.667. The van der Waals surface area contributed by atoms with E-state index in [2.05, 4.69) is 66.8 Å². The van der Waals surface area contributed by atoms with E-state index in [9.17, 15) is 0 Å². The standard InChI is InChI=1S/C21H36N4O2.HI/c1-16-8-9-17(19(13-16)27-15-18-7-6-12-26-18)14-24-20(22-5)23-10-11-25-21(2,3)4;/h8-9,13,18,25H,6-7,10-12,14-15H2,1-5H3,(H2,22,23,24);1H. The van der Waals surface area contributed by atoms with Crippen LogP contribution in [0.2, 0.25) is 0 Å². The van der Waals surface area contributed by atoms with Gasteiger partial charge in [-0.15, -0.1) is 24.0 Å². The second-order valence-corrected chi connectivity index (χ2v) is 8.09. The largest absolute Gasteiger partial charge is 0.491 e. The maximum absolute atomic E-state index is 6.07. The topological polar surface area (TPSA) is 66.9 Å². The van der Waals surface area contributed by atoms with Crippen LogP contribution in [0.1, 0.15) is 44.7 Å². The summed E-state index contributed by atoms with van der Waals surface area (Å²) in [6, 6.07) is 6.32. The third-order valence-corrected chi connectivity index (χ3v) is 4.41. The number of hydrogen-bond acceptors (Lipinski definition) is 4. The number of ether oxygens (including phenoxy) is 2. The smallest absolute Gasteiger partial charge is 0.191 e. The van der Waals surface area contributed by atoms with Gasteiger partial charge in [0.2, 0.25) is 0 Å². The molecule has 0 aromatic heterocycles. The minimum atomic E-state index is 0. The molecule has 0 amide bonds. The van der Waals surface area contributed by atoms with Gasteiger partial charge in [-0.2, -0.15) is 0 Å². The first-order valence-corrected chi connectivity index (χ1v) is 9.91. The molecule has 1 unspecified atom stereocenters. The molecule has 3 N–H and O–H groups in total. The van der Waals surface area contributed by atoms with Crippen LogP contribution >= 0.6 is 24.0 Å². The Morgan fingerprint density at radius 1 is 1.25 bits per heavy atom. The molecule has 0 spiro atoms. The zero-order valence-electron chi connectivity index (χ0n) is 17.9. The molecule has 0 saturated carbocycles. The molecule has 1 aromatic carbocycles. The summed E-state index contributed by atoms with van der Waals surface area (Å²) in [5.41, 5.74) is 2.43. The lowest BCUT2D eigenvalue weighted by Gasteiger charge is -2.21. The lowest BCUT2D eigenvalue weighted by Crippen LogP contribution is -2.44. The second-order valence-electron chi connectivity index (χ2n) is 8.09. The van der Waals surface area contributed by atoms with Gasteiger partial charge in [-0.3, -0.25) is 4.99 Å². The Kier molecular flexibility index (Phi) is 11.1. The summed E-state index contributed by atoms with van der Waals surface area (Å²) in [5.74, 6) is 1.71. The summed E-state index contributed by atoms with van der Waals surface area (Å²) < 4.78 is 11.7. The van der Waals surface area contributed by atoms with Gasteiger partial charge < -0.3 is 25.4 Å². The molecule has 7 heteroatoms. The Bertz CT molecular complexity index is 611. The summed E-state index contributed by atoms with van der Waals surface area (Å²) in [5, 5.41) is 10.2. The normalized spacial score (nSPS) is 17.2. The van der Waals surface area contributed by atoms with E-state index in [-0.39, 0.29) is 35.6 Å². The average Bonchev–Trinajstić information content (AvgIpc) is 3.13. The first-order chi connectivity index (χ1) is 12.9. The SMILES string of the molecule is CN=C(NCCNC(C)(C)C)NCc1ccc(C)cc1OCC1CCCO1.I. The van der Waals surface area contributed by atoms with Gasteiger partial charge in [-0.1, -0.05) is 12.1 Å². The van der Waals surface area contributed by atoms with Crippen molar-refractivity contribution in [3.63, 3.8) is 0 Å². The molecule has 0 radical (unpaired) electrons. The molecule has 1 aliphatic rings. The second kappa shape index (κ2) is 12.5. The van der Waals surface area contributed by atoms with E-state index in [4.69, 9.17) is 9.47 Å². The van der Waals surface area contributed by atoms with Crippen LogP contribution in [0.15, 0.2) is 23.2 Å². The number of nitrogens with one attached hydrogen (secondary N) is 3. The predicted molar refractivity (Wildman–Crippen MR) is 127 cm³/mol. The van der Waals surface area contributed by atoms with Crippen molar-refractivity contribution < 1.29 is 9.47 Å². The number of guanidine groups is 1. The summed E-state index contributed by atoms with van der Waals surface area (Å²) in [6.07, 6.45) is 2.43. The molecule has 1 heterocycles. The van der Waals surface area contributed by atoms with Crippen molar-refractivity contribution in [2.75, 3.05) is 33.4 Å². The lowest BCUT2D eigenvalue weighted by atomic mass is 10.1. The third kappa shape index (κ3) is 9.43. The van der Waals surface area contributed by atoms with Gasteiger partial charge in [-0.05, 0) is 52.2 Å². The minimum Gasteiger partial charge on any atom is -0.491 e. The van der Waals surface area contributed by atoms with Crippen LogP contribution in [-0.4, -0.2) is 51.0 Å². The van der Waals surface area contributed by atoms with Crippen molar-refractivity contribution in [3.8, 4) is 5.75 Å². The Balaban J connectivity index is 0.00000392. The molecule has 160 valence electrons. The molecule has 1 aromatic rings. The lowest BCUT2D eigenvalue weighted by molar-refractivity contribution is 0.0676. The van der Waals surface area contributed by atoms with Gasteiger partial charge in [0.1, 0.15) is 12.4 Å². The van der Waals surface area contributed by atoms with E-state index in [0.29, 0.717) is 13.2 Å². The van der Waals surface area contributed by atoms with Crippen LogP contribution in [0.3, 0.4) is 0 Å². The molecule has 1 saturated heterocycles. The monoisotopic (exact) mass is 504 g/mol. The number of hydrogen-bond donors (Lipinski definition) is 3. The highest BCUT2D eigenvalue weighted by Gasteiger charge is 2.17. The first-order valence-electron chi connectivity index (χ1n) is 9.91. The van der Waals surface area contributed by atoms with E-state index >= 15 is 0 Å². The van der Waals surface area contributed by atoms with Crippen LogP contribution in [0, 0.1) is 6.92 Å². The molecule has 1 aliphatic heterocycles. The van der Waals surface area contributed by atoms with E-state index in [0.717, 1.165) is 49.8 Å². The number of nitrogens with zero attached hydrogens (tertiary/aromatic N) is 1. The fourth-order valence-corrected chi connectivity index (χ4v) is 2.92. The highest BCUT2D eigenvalue weighted by Crippen LogP contribution is 2.22. The summed E-state index contributed by atoms with van der Waals surface area (Å²) in [7, 11) is 1.79. The van der Waals surface area contributed by atoms with E-state index < -0.39 is 0 Å². The third-order valence-electron chi connectivity index (χ3n) is 4.41. The summed E-state index contributed by atoms with van der Waals surface area (Å²) >= 11 is 0. The molecule has 28 heavy (non-hydrogen) atoms. The van der Waals surface area contributed by atoms with Crippen LogP contribution < -0.4 is 20.7 Å². The Hall–Kier alpha value is -1.06. The minimum absolute atomic E-state index is 0. The van der Waals surface area contributed by atoms with Crippen molar-refractivity contribution >= 4 is 29.9 Å². The van der Waals surface area contributed by atoms with Crippen molar-refractivity contribution in [2.45, 2.75) is 58.7 Å². The quantitative estimate of drug-likeness (QED) is 0.220. The Labute approximate surface area is 187 Å². The Morgan fingerprint density at radius 2 is 2.04 bits per heavy atom. The van der Waals surface area contributed by atoms with Gasteiger partial charge in [0.25, 0.3) is 0 Å². The highest BCUT2D eigenvalue weighted by molar-refractivity contribution is 14.0. The molecule has 1 fully saturated rings. The number of rotatable bonds is 8. The maximum Gasteiger partial charge on any atom is 0.191 e. The van der Waals surface area contributed by atoms with E-state index in [1.165, 1.54) is 5.56 Å². The summed E-state index contributed by atoms with van der Waals surface area (Å²) in [4.78, 5) is 4.30. The molecular formula is C21H37IN4O2. The zero-order valence-corrected chi connectivity index (χ0v) is 20.3. The van der Waals surface area contributed by atoms with Crippen LogP contribution in [0.5, 0.6) is 5.75 Å². The first kappa shape index (κ1) is 25.0. The van der Waals surface area contributed by atoms with Gasteiger partial charge in [-0.25, -0.2) is 0 Å². The predicted octanol–water partition coefficient (Wildman–Crippen LogP) is 3.22. The zero-order chi connectivity index (χ0) is 19.7. The van der Waals surface area contributed by atoms with Gasteiger partial charge in [0.05, 0.1) is 6.10 Å². The highest BCUT2D eigenvalue weighted by atomic mass is 127. The molecule has 0 aliphatic carbocycles. The van der Waals surface area contributed by atoms with Crippen LogP contribution in [0.4, 0.5) is 0 Å². The molecule has 2 rings (SSSR count). The van der Waals surface area contributed by atoms with Crippen molar-refractivity contribution in [3.05, 3.63) is 29.3 Å². The van der Waals surface area contributed by atoms with E-state index in [1.54, 1.807) is 7.05 Å². The average molecular weight is 504 g/mol. The van der Waals surface area contributed by atoms with Crippen molar-refractivity contribution in [2.24, 2.45) is 4.99 Å². The number of aryl methyl sites for hydroxylation is 1. The van der Waals surface area contributed by atoms with Crippen molar-refractivity contribution in [1.29, 1.82) is 0 Å². The molecule has 6 nitrogen and oxygen atoms in total. The van der Waals surface area contributed by atoms with Crippen molar-refractivity contribution in [1.82, 2.24) is 16.0 Å². The molecule has 1 atom stereocenters. The Morgan fingerprint density at radius 3 is 2.68 bits per heavy atom. The number of benzene rings is 1. The van der Waals surface area contributed by atoms with Crippen LogP contribution in [-0.2, 0) is 11.3 Å². The van der Waals surface area contributed by atoms with Gasteiger partial charge >= 0.3 is 0 Å². The van der Waals surface area contributed by atoms with Crippen LogP contribution in [0.25, 0.3) is 0 Å². The fourth-order valence-electron chi connectivity index (χ4n) is 2.92. The van der Waals surface area contributed by atoms with Gasteiger partial charge in [0.15, 0.2) is 5.96 Å². The number of halogens is 1.